The van der Waals surface area contributed by atoms with Crippen LogP contribution >= 0.6 is 24.0 Å². The first kappa shape index (κ1) is 19.0. The fourth-order valence-electron chi connectivity index (χ4n) is 1.73. The van der Waals surface area contributed by atoms with E-state index in [0.717, 1.165) is 6.42 Å². The smallest absolute Gasteiger partial charge is 0.258 e. The average molecular weight is 321 g/mol. The van der Waals surface area contributed by atoms with Gasteiger partial charge in [-0.15, -0.1) is 12.4 Å². The Kier molecular flexibility index (Phi) is 9.38. The van der Waals surface area contributed by atoms with Crippen molar-refractivity contribution in [1.82, 2.24) is 5.32 Å². The van der Waals surface area contributed by atoms with Crippen molar-refractivity contribution >= 4 is 29.9 Å². The number of nitrogens with one attached hydrogen (secondary N) is 1. The van der Waals surface area contributed by atoms with Crippen LogP contribution in [0.2, 0.25) is 5.02 Å². The zero-order valence-electron chi connectivity index (χ0n) is 11.8. The van der Waals surface area contributed by atoms with E-state index in [-0.39, 0.29) is 31.0 Å². The molecule has 0 spiro atoms. The lowest BCUT2D eigenvalue weighted by atomic mass is 10.0. The van der Waals surface area contributed by atoms with Crippen LogP contribution in [0.15, 0.2) is 24.3 Å². The van der Waals surface area contributed by atoms with E-state index in [4.69, 9.17) is 22.1 Å². The van der Waals surface area contributed by atoms with Crippen LogP contribution in [0, 0.1) is 5.92 Å². The molecule has 4 nitrogen and oxygen atoms in total. The minimum absolute atomic E-state index is 0. The average Bonchev–Trinajstić information content (AvgIpc) is 2.36. The SMILES string of the molecule is CC(C)CC(CN)NC(=O)COc1ccc(Cl)cc1.Cl. The Bertz CT molecular complexity index is 397. The number of amides is 1. The first-order valence-corrected chi connectivity index (χ1v) is 6.77. The summed E-state index contributed by atoms with van der Waals surface area (Å²) in [7, 11) is 0. The van der Waals surface area contributed by atoms with Gasteiger partial charge in [-0.3, -0.25) is 4.79 Å². The van der Waals surface area contributed by atoms with Crippen LogP contribution in [-0.4, -0.2) is 25.1 Å². The van der Waals surface area contributed by atoms with Crippen LogP contribution in [0.4, 0.5) is 0 Å². The van der Waals surface area contributed by atoms with Crippen molar-refractivity contribution in [1.29, 1.82) is 0 Å². The summed E-state index contributed by atoms with van der Waals surface area (Å²) in [5, 5.41) is 3.50. The van der Waals surface area contributed by atoms with Gasteiger partial charge in [0.2, 0.25) is 0 Å². The van der Waals surface area contributed by atoms with Gasteiger partial charge in [0.1, 0.15) is 5.75 Å². The number of nitrogens with two attached hydrogens (primary N) is 1. The van der Waals surface area contributed by atoms with E-state index in [1.165, 1.54) is 0 Å². The van der Waals surface area contributed by atoms with E-state index in [9.17, 15) is 4.79 Å². The van der Waals surface area contributed by atoms with Gasteiger partial charge in [0.25, 0.3) is 5.91 Å². The summed E-state index contributed by atoms with van der Waals surface area (Å²) >= 11 is 5.76. The summed E-state index contributed by atoms with van der Waals surface area (Å²) in [5.41, 5.74) is 5.62. The number of carbonyl (C=O) groups excluding carboxylic acids is 1. The minimum Gasteiger partial charge on any atom is -0.484 e. The van der Waals surface area contributed by atoms with Gasteiger partial charge in [0.05, 0.1) is 0 Å². The van der Waals surface area contributed by atoms with Gasteiger partial charge in [0, 0.05) is 17.6 Å². The highest BCUT2D eigenvalue weighted by Gasteiger charge is 2.12. The molecule has 0 bridgehead atoms. The molecule has 0 saturated heterocycles. The number of halogens is 2. The molecule has 0 saturated carbocycles. The predicted octanol–water partition coefficient (Wildman–Crippen LogP) is 2.63. The molecule has 1 rings (SSSR count). The first-order valence-electron chi connectivity index (χ1n) is 6.39. The molecule has 1 aromatic rings. The lowest BCUT2D eigenvalue weighted by Gasteiger charge is -2.18. The van der Waals surface area contributed by atoms with E-state index in [1.807, 2.05) is 0 Å². The van der Waals surface area contributed by atoms with Crippen molar-refractivity contribution in [2.75, 3.05) is 13.2 Å². The lowest BCUT2D eigenvalue weighted by molar-refractivity contribution is -0.123. The zero-order chi connectivity index (χ0) is 14.3. The van der Waals surface area contributed by atoms with Crippen molar-refractivity contribution < 1.29 is 9.53 Å². The maximum atomic E-state index is 11.7. The summed E-state index contributed by atoms with van der Waals surface area (Å²) in [6, 6.07) is 6.89. The molecule has 3 N–H and O–H groups in total. The third kappa shape index (κ3) is 7.58. The zero-order valence-corrected chi connectivity index (χ0v) is 13.3. The Morgan fingerprint density at radius 3 is 2.45 bits per heavy atom. The van der Waals surface area contributed by atoms with E-state index < -0.39 is 0 Å². The second-order valence-corrected chi connectivity index (χ2v) is 5.31. The van der Waals surface area contributed by atoms with Crippen molar-refractivity contribution in [3.8, 4) is 5.75 Å². The van der Waals surface area contributed by atoms with Gasteiger partial charge in [-0.25, -0.2) is 0 Å². The van der Waals surface area contributed by atoms with E-state index in [1.54, 1.807) is 24.3 Å². The van der Waals surface area contributed by atoms with Gasteiger partial charge in [-0.05, 0) is 36.6 Å². The highest BCUT2D eigenvalue weighted by atomic mass is 35.5. The molecule has 0 radical (unpaired) electrons. The highest BCUT2D eigenvalue weighted by molar-refractivity contribution is 6.30. The number of hydrogen-bond acceptors (Lipinski definition) is 3. The van der Waals surface area contributed by atoms with Crippen LogP contribution in [-0.2, 0) is 4.79 Å². The number of benzene rings is 1. The molecule has 0 aliphatic heterocycles. The molecule has 1 unspecified atom stereocenters. The van der Waals surface area contributed by atoms with Gasteiger partial charge in [-0.2, -0.15) is 0 Å². The second kappa shape index (κ2) is 9.86. The van der Waals surface area contributed by atoms with Gasteiger partial charge < -0.3 is 15.8 Å². The fourth-order valence-corrected chi connectivity index (χ4v) is 1.86. The summed E-state index contributed by atoms with van der Waals surface area (Å²) < 4.78 is 5.36. The molecule has 0 heterocycles. The monoisotopic (exact) mass is 320 g/mol. The van der Waals surface area contributed by atoms with Gasteiger partial charge >= 0.3 is 0 Å². The Morgan fingerprint density at radius 2 is 1.95 bits per heavy atom. The Morgan fingerprint density at radius 1 is 1.35 bits per heavy atom. The molecule has 1 amide bonds. The summed E-state index contributed by atoms with van der Waals surface area (Å²) in [6.45, 7) is 4.61. The normalized spacial score (nSPS) is 11.7. The van der Waals surface area contributed by atoms with Crippen LogP contribution in [0.1, 0.15) is 20.3 Å². The number of ether oxygens (including phenoxy) is 1. The number of rotatable bonds is 7. The Labute approximate surface area is 131 Å². The highest BCUT2D eigenvalue weighted by Crippen LogP contribution is 2.15. The molecule has 0 fully saturated rings. The Balaban J connectivity index is 0.00000361. The number of carbonyl (C=O) groups is 1. The molecule has 0 aliphatic carbocycles. The predicted molar refractivity (Wildman–Crippen MR) is 84.6 cm³/mol. The molecule has 114 valence electrons. The molecule has 6 heteroatoms. The van der Waals surface area contributed by atoms with Crippen LogP contribution in [0.5, 0.6) is 5.75 Å². The molecule has 0 aromatic heterocycles. The Hall–Kier alpha value is -0.970. The first-order chi connectivity index (χ1) is 9.01. The lowest BCUT2D eigenvalue weighted by Crippen LogP contribution is -2.43. The molecular weight excluding hydrogens is 299 g/mol. The maximum Gasteiger partial charge on any atom is 0.258 e. The van der Waals surface area contributed by atoms with E-state index >= 15 is 0 Å². The second-order valence-electron chi connectivity index (χ2n) is 4.87. The fraction of sp³-hybridized carbons (Fsp3) is 0.500. The topological polar surface area (TPSA) is 64.3 Å². The van der Waals surface area contributed by atoms with Crippen molar-refractivity contribution in [2.45, 2.75) is 26.3 Å². The van der Waals surface area contributed by atoms with Crippen LogP contribution < -0.4 is 15.8 Å². The van der Waals surface area contributed by atoms with E-state index in [0.29, 0.717) is 23.2 Å². The molecular formula is C14H22Cl2N2O2. The maximum absolute atomic E-state index is 11.7. The van der Waals surface area contributed by atoms with E-state index in [2.05, 4.69) is 19.2 Å². The van der Waals surface area contributed by atoms with Crippen LogP contribution in [0.3, 0.4) is 0 Å². The molecule has 0 aliphatic rings. The van der Waals surface area contributed by atoms with Gasteiger partial charge in [-0.1, -0.05) is 25.4 Å². The van der Waals surface area contributed by atoms with Crippen molar-refractivity contribution in [3.05, 3.63) is 29.3 Å². The standard InChI is InChI=1S/C14H21ClN2O2.ClH/c1-10(2)7-12(8-16)17-14(18)9-19-13-5-3-11(15)4-6-13;/h3-6,10,12H,7-9,16H2,1-2H3,(H,17,18);1H. The number of hydrogen-bond donors (Lipinski definition) is 2. The van der Waals surface area contributed by atoms with Crippen LogP contribution in [0.25, 0.3) is 0 Å². The third-order valence-corrected chi connectivity index (χ3v) is 2.84. The summed E-state index contributed by atoms with van der Waals surface area (Å²) in [4.78, 5) is 11.7. The van der Waals surface area contributed by atoms with Crippen molar-refractivity contribution in [3.63, 3.8) is 0 Å². The third-order valence-electron chi connectivity index (χ3n) is 2.59. The quantitative estimate of drug-likeness (QED) is 0.811. The molecule has 1 aromatic carbocycles. The molecule has 20 heavy (non-hydrogen) atoms. The minimum atomic E-state index is -0.161. The molecule has 1 atom stereocenters. The van der Waals surface area contributed by atoms with Crippen molar-refractivity contribution in [2.24, 2.45) is 11.7 Å². The largest absolute Gasteiger partial charge is 0.484 e. The summed E-state index contributed by atoms with van der Waals surface area (Å²) in [6.07, 6.45) is 0.864. The van der Waals surface area contributed by atoms with Gasteiger partial charge in [0.15, 0.2) is 6.61 Å². The summed E-state index contributed by atoms with van der Waals surface area (Å²) in [5.74, 6) is 0.949.